The Hall–Kier alpha value is -5.85. The lowest BCUT2D eigenvalue weighted by Gasteiger charge is -2.04. The van der Waals surface area contributed by atoms with Crippen molar-refractivity contribution in [1.29, 1.82) is 0 Å². The van der Waals surface area contributed by atoms with Crippen LogP contribution < -0.4 is 16.0 Å². The largest absolute Gasteiger partial charge is 0.461 e. The number of anilines is 3. The van der Waals surface area contributed by atoms with Gasteiger partial charge in [0.05, 0.1) is 23.7 Å². The topological polar surface area (TPSA) is 154 Å². The quantitative estimate of drug-likeness (QED) is 0.210. The van der Waals surface area contributed by atoms with E-state index in [9.17, 15) is 19.2 Å². The normalized spacial score (nSPS) is 10.8. The van der Waals surface area contributed by atoms with E-state index < -0.39 is 23.7 Å². The summed E-state index contributed by atoms with van der Waals surface area (Å²) in [5.41, 5.74) is 3.53. The summed E-state index contributed by atoms with van der Waals surface area (Å²) in [7, 11) is 5.03. The second kappa shape index (κ2) is 12.2. The molecule has 0 aliphatic rings. The number of rotatable bonds is 9. The molecule has 4 heterocycles. The van der Waals surface area contributed by atoms with Gasteiger partial charge in [-0.15, -0.1) is 0 Å². The molecule has 3 N–H and O–H groups in total. The number of carbonyl (C=O) groups excluding carboxylic acids is 4. The van der Waals surface area contributed by atoms with E-state index in [1.165, 1.54) is 12.1 Å². The molecule has 5 rings (SSSR count). The molecule has 0 spiro atoms. The van der Waals surface area contributed by atoms with Gasteiger partial charge in [0.25, 0.3) is 17.7 Å². The van der Waals surface area contributed by atoms with Gasteiger partial charge in [-0.05, 0) is 32.0 Å². The van der Waals surface area contributed by atoms with Crippen molar-refractivity contribution in [2.75, 3.05) is 22.6 Å². The zero-order chi connectivity index (χ0) is 31.5. The lowest BCUT2D eigenvalue weighted by Crippen LogP contribution is -2.15. The molecule has 0 bridgehead atoms. The predicted molar refractivity (Wildman–Crippen MR) is 163 cm³/mol. The van der Waals surface area contributed by atoms with Gasteiger partial charge in [-0.1, -0.05) is 35.5 Å². The SMILES string of the molecule is CCOC(=O)c1cc(NC(=O)c2cc(NC(=O)c3cc(NC(=O)c4c(-c5ccccc5)noc4C)cn3C)cn2C)cn1C. The van der Waals surface area contributed by atoms with Crippen LogP contribution in [-0.4, -0.2) is 49.2 Å². The molecule has 0 aliphatic carbocycles. The van der Waals surface area contributed by atoms with E-state index in [1.807, 2.05) is 30.3 Å². The fraction of sp³-hybridized carbons (Fsp3) is 0.194. The van der Waals surface area contributed by atoms with Crippen molar-refractivity contribution < 1.29 is 28.4 Å². The van der Waals surface area contributed by atoms with Crippen LogP contribution in [0.15, 0.2) is 71.6 Å². The molecule has 5 aromatic rings. The number of carbonyl (C=O) groups is 4. The Balaban J connectivity index is 1.26. The molecule has 1 aromatic carbocycles. The van der Waals surface area contributed by atoms with Crippen molar-refractivity contribution in [3.05, 3.63) is 95.5 Å². The number of hydrogen-bond donors (Lipinski definition) is 3. The number of nitrogens with zero attached hydrogens (tertiary/aromatic N) is 4. The van der Waals surface area contributed by atoms with Crippen LogP contribution in [0.1, 0.15) is 54.5 Å². The van der Waals surface area contributed by atoms with Crippen LogP contribution >= 0.6 is 0 Å². The minimum Gasteiger partial charge on any atom is -0.461 e. The number of hydrogen-bond acceptors (Lipinski definition) is 7. The zero-order valence-electron chi connectivity index (χ0n) is 24.8. The van der Waals surface area contributed by atoms with Crippen LogP contribution in [-0.2, 0) is 25.9 Å². The monoisotopic (exact) mass is 597 g/mol. The fourth-order valence-corrected chi connectivity index (χ4v) is 4.77. The number of amides is 3. The average molecular weight is 598 g/mol. The first-order valence-corrected chi connectivity index (χ1v) is 13.7. The van der Waals surface area contributed by atoms with E-state index in [0.29, 0.717) is 39.8 Å². The summed E-state index contributed by atoms with van der Waals surface area (Å²) in [4.78, 5) is 51.5. The highest BCUT2D eigenvalue weighted by molar-refractivity contribution is 6.10. The van der Waals surface area contributed by atoms with Gasteiger partial charge >= 0.3 is 5.97 Å². The maximum Gasteiger partial charge on any atom is 0.355 e. The highest BCUT2D eigenvalue weighted by atomic mass is 16.5. The summed E-state index contributed by atoms with van der Waals surface area (Å²) >= 11 is 0. The van der Waals surface area contributed by atoms with Crippen LogP contribution in [0.25, 0.3) is 11.3 Å². The average Bonchev–Trinajstić information content (AvgIpc) is 3.74. The van der Waals surface area contributed by atoms with Crippen molar-refractivity contribution >= 4 is 40.8 Å². The molecule has 13 nitrogen and oxygen atoms in total. The summed E-state index contributed by atoms with van der Waals surface area (Å²) in [5.74, 6) is -1.43. The summed E-state index contributed by atoms with van der Waals surface area (Å²) in [6.45, 7) is 3.61. The lowest BCUT2D eigenvalue weighted by molar-refractivity contribution is 0.0515. The Bertz CT molecular complexity index is 1880. The van der Waals surface area contributed by atoms with Crippen molar-refractivity contribution in [2.24, 2.45) is 21.1 Å². The smallest absolute Gasteiger partial charge is 0.355 e. The van der Waals surface area contributed by atoms with Crippen LogP contribution in [0.2, 0.25) is 0 Å². The van der Waals surface area contributed by atoms with E-state index in [-0.39, 0.29) is 18.0 Å². The molecular formula is C31H31N7O6. The number of benzene rings is 1. The van der Waals surface area contributed by atoms with Gasteiger partial charge in [0, 0.05) is 45.3 Å². The van der Waals surface area contributed by atoms with Crippen molar-refractivity contribution in [3.63, 3.8) is 0 Å². The minimum atomic E-state index is -0.492. The predicted octanol–water partition coefficient (Wildman–Crippen LogP) is 4.60. The molecule has 0 atom stereocenters. The highest BCUT2D eigenvalue weighted by Crippen LogP contribution is 2.27. The summed E-state index contributed by atoms with van der Waals surface area (Å²) < 4.78 is 15.0. The molecule has 0 aliphatic heterocycles. The Labute approximate surface area is 252 Å². The number of ether oxygens (including phenoxy) is 1. The molecule has 0 radical (unpaired) electrons. The molecule has 4 aromatic heterocycles. The number of aryl methyl sites for hydroxylation is 4. The molecule has 0 fully saturated rings. The zero-order valence-corrected chi connectivity index (χ0v) is 24.8. The van der Waals surface area contributed by atoms with Gasteiger partial charge in [0.2, 0.25) is 0 Å². The summed E-state index contributed by atoms with van der Waals surface area (Å²) in [5, 5.41) is 12.4. The Kier molecular flexibility index (Phi) is 8.20. The molecule has 44 heavy (non-hydrogen) atoms. The maximum absolute atomic E-state index is 13.2. The van der Waals surface area contributed by atoms with E-state index in [1.54, 1.807) is 73.3 Å². The third kappa shape index (κ3) is 6.02. The van der Waals surface area contributed by atoms with Crippen molar-refractivity contribution in [1.82, 2.24) is 18.9 Å². The van der Waals surface area contributed by atoms with Crippen LogP contribution in [0, 0.1) is 6.92 Å². The van der Waals surface area contributed by atoms with Crippen LogP contribution in [0.3, 0.4) is 0 Å². The Morgan fingerprint density at radius 3 is 1.75 bits per heavy atom. The Morgan fingerprint density at radius 1 is 0.750 bits per heavy atom. The van der Waals surface area contributed by atoms with Gasteiger partial charge in [0.15, 0.2) is 0 Å². The molecule has 0 unspecified atom stereocenters. The first-order chi connectivity index (χ1) is 21.0. The van der Waals surface area contributed by atoms with Gasteiger partial charge < -0.3 is 38.9 Å². The van der Waals surface area contributed by atoms with Crippen molar-refractivity contribution in [2.45, 2.75) is 13.8 Å². The summed E-state index contributed by atoms with van der Waals surface area (Å²) in [6, 6.07) is 13.8. The molecule has 0 saturated carbocycles. The molecule has 3 amide bonds. The molecule has 0 saturated heterocycles. The third-order valence-corrected chi connectivity index (χ3v) is 6.88. The summed E-state index contributed by atoms with van der Waals surface area (Å²) in [6.07, 6.45) is 4.83. The second-order valence-electron chi connectivity index (χ2n) is 10.1. The minimum absolute atomic E-state index is 0.237. The fourth-order valence-electron chi connectivity index (χ4n) is 4.77. The van der Waals surface area contributed by atoms with Crippen LogP contribution in [0.5, 0.6) is 0 Å². The van der Waals surface area contributed by atoms with E-state index >= 15 is 0 Å². The third-order valence-electron chi connectivity index (χ3n) is 6.88. The standard InChI is InChI=1S/C31H31N7O6/c1-6-43-31(42)25-14-22(17-38(25)5)33-29(40)23-12-20(15-36(23)3)32-28(39)24-13-21(16-37(24)4)34-30(41)26-18(2)44-35-27(26)19-10-8-7-9-11-19/h7-17H,6H2,1-5H3,(H,32,39)(H,33,40)(H,34,41). The molecule has 226 valence electrons. The van der Waals surface area contributed by atoms with Gasteiger partial charge in [-0.25, -0.2) is 4.79 Å². The van der Waals surface area contributed by atoms with Gasteiger partial charge in [0.1, 0.15) is 34.1 Å². The van der Waals surface area contributed by atoms with E-state index in [0.717, 1.165) is 5.56 Å². The highest BCUT2D eigenvalue weighted by Gasteiger charge is 2.23. The first kappa shape index (κ1) is 29.6. The van der Waals surface area contributed by atoms with Gasteiger partial charge in [-0.2, -0.15) is 0 Å². The number of esters is 1. The Morgan fingerprint density at radius 2 is 1.23 bits per heavy atom. The van der Waals surface area contributed by atoms with E-state index in [2.05, 4.69) is 21.1 Å². The molecular weight excluding hydrogens is 566 g/mol. The van der Waals surface area contributed by atoms with E-state index in [4.69, 9.17) is 9.26 Å². The lowest BCUT2D eigenvalue weighted by atomic mass is 10.1. The van der Waals surface area contributed by atoms with Crippen molar-refractivity contribution in [3.8, 4) is 11.3 Å². The maximum atomic E-state index is 13.2. The number of nitrogens with one attached hydrogen (secondary N) is 3. The molecule has 13 heteroatoms. The van der Waals surface area contributed by atoms with Crippen LogP contribution in [0.4, 0.5) is 17.1 Å². The second-order valence-corrected chi connectivity index (χ2v) is 10.1. The van der Waals surface area contributed by atoms with Gasteiger partial charge in [-0.3, -0.25) is 14.4 Å². The number of aromatic nitrogens is 4. The first-order valence-electron chi connectivity index (χ1n) is 13.7.